The maximum absolute atomic E-state index is 4.59. The van der Waals surface area contributed by atoms with E-state index in [0.717, 1.165) is 36.5 Å². The van der Waals surface area contributed by atoms with E-state index in [1.54, 1.807) is 6.33 Å². The second-order valence-electron chi connectivity index (χ2n) is 6.42. The zero-order chi connectivity index (χ0) is 17.5. The summed E-state index contributed by atoms with van der Waals surface area (Å²) in [6.07, 6.45) is 8.30. The van der Waals surface area contributed by atoms with Crippen molar-refractivity contribution in [2.24, 2.45) is 0 Å². The molecule has 3 aromatic rings. The first kappa shape index (κ1) is 17.4. The fraction of sp³-hybridized carbons (Fsp3) is 0.450. The second kappa shape index (κ2) is 8.60. The van der Waals surface area contributed by atoms with Crippen LogP contribution in [0.5, 0.6) is 0 Å². The molecule has 1 aromatic carbocycles. The molecular formula is C20H27N5. The Bertz CT molecular complexity index is 773. The van der Waals surface area contributed by atoms with Crippen molar-refractivity contribution in [2.45, 2.75) is 46.1 Å². The smallest absolute Gasteiger partial charge is 0.163 e. The van der Waals surface area contributed by atoms with Crippen LogP contribution in [0.1, 0.15) is 45.1 Å². The summed E-state index contributed by atoms with van der Waals surface area (Å²) in [6, 6.07) is 10.4. The predicted octanol–water partition coefficient (Wildman–Crippen LogP) is 4.28. The van der Waals surface area contributed by atoms with Crippen molar-refractivity contribution in [3.8, 4) is 0 Å². The summed E-state index contributed by atoms with van der Waals surface area (Å²) in [7, 11) is 0. The standard InChI is InChI=1S/C20H27N5/c1-3-5-12-24(13-6-4-2)19-18-14-23-25(20(18)22-16-21-19)15-17-10-8-7-9-11-17/h7-11,14,16H,3-6,12-13,15H2,1-2H3. The van der Waals surface area contributed by atoms with Crippen LogP contribution in [0.25, 0.3) is 11.0 Å². The van der Waals surface area contributed by atoms with Gasteiger partial charge in [0.2, 0.25) is 0 Å². The highest BCUT2D eigenvalue weighted by Crippen LogP contribution is 2.24. The van der Waals surface area contributed by atoms with E-state index in [0.29, 0.717) is 0 Å². The van der Waals surface area contributed by atoms with Crippen molar-refractivity contribution in [1.29, 1.82) is 0 Å². The van der Waals surface area contributed by atoms with Crippen LogP contribution in [0.2, 0.25) is 0 Å². The first-order valence-electron chi connectivity index (χ1n) is 9.28. The normalized spacial score (nSPS) is 11.1. The van der Waals surface area contributed by atoms with Gasteiger partial charge >= 0.3 is 0 Å². The van der Waals surface area contributed by atoms with E-state index in [9.17, 15) is 0 Å². The maximum Gasteiger partial charge on any atom is 0.163 e. The average Bonchev–Trinajstić information content (AvgIpc) is 3.06. The lowest BCUT2D eigenvalue weighted by Crippen LogP contribution is -2.26. The number of hydrogen-bond acceptors (Lipinski definition) is 4. The van der Waals surface area contributed by atoms with Crippen molar-refractivity contribution in [3.63, 3.8) is 0 Å². The molecule has 0 aliphatic carbocycles. The van der Waals surface area contributed by atoms with Gasteiger partial charge in [-0.2, -0.15) is 5.10 Å². The SMILES string of the molecule is CCCCN(CCCC)c1ncnc2c1cnn2Cc1ccccc1. The van der Waals surface area contributed by atoms with Gasteiger partial charge in [0, 0.05) is 13.1 Å². The van der Waals surface area contributed by atoms with Gasteiger partial charge in [-0.05, 0) is 18.4 Å². The Morgan fingerprint density at radius 2 is 1.68 bits per heavy atom. The monoisotopic (exact) mass is 337 g/mol. The predicted molar refractivity (Wildman–Crippen MR) is 103 cm³/mol. The Morgan fingerprint density at radius 1 is 0.960 bits per heavy atom. The quantitative estimate of drug-likeness (QED) is 0.585. The lowest BCUT2D eigenvalue weighted by molar-refractivity contribution is 0.672. The van der Waals surface area contributed by atoms with Crippen molar-refractivity contribution >= 4 is 16.9 Å². The molecule has 0 saturated carbocycles. The van der Waals surface area contributed by atoms with E-state index in [-0.39, 0.29) is 0 Å². The van der Waals surface area contributed by atoms with Crippen LogP contribution in [-0.4, -0.2) is 32.8 Å². The van der Waals surface area contributed by atoms with Crippen molar-refractivity contribution in [2.75, 3.05) is 18.0 Å². The molecule has 0 unspecified atom stereocenters. The first-order chi connectivity index (χ1) is 12.3. The number of unbranched alkanes of at least 4 members (excludes halogenated alkanes) is 2. The van der Waals surface area contributed by atoms with Crippen LogP contribution in [-0.2, 0) is 6.54 Å². The van der Waals surface area contributed by atoms with Crippen LogP contribution in [0.3, 0.4) is 0 Å². The minimum absolute atomic E-state index is 0.727. The molecule has 2 aromatic heterocycles. The van der Waals surface area contributed by atoms with Crippen molar-refractivity contribution in [3.05, 3.63) is 48.4 Å². The number of aromatic nitrogens is 4. The first-order valence-corrected chi connectivity index (χ1v) is 9.28. The third-order valence-corrected chi connectivity index (χ3v) is 4.45. The van der Waals surface area contributed by atoms with E-state index in [1.165, 1.54) is 31.2 Å². The van der Waals surface area contributed by atoms with Crippen molar-refractivity contribution < 1.29 is 0 Å². The molecule has 0 aliphatic rings. The molecule has 0 aliphatic heterocycles. The third-order valence-electron chi connectivity index (χ3n) is 4.45. The molecule has 0 amide bonds. The zero-order valence-corrected chi connectivity index (χ0v) is 15.2. The molecule has 25 heavy (non-hydrogen) atoms. The summed E-state index contributed by atoms with van der Waals surface area (Å²) in [5.74, 6) is 1.02. The third kappa shape index (κ3) is 4.16. The van der Waals surface area contributed by atoms with Crippen LogP contribution < -0.4 is 4.90 Å². The Labute approximate surface area is 149 Å². The highest BCUT2D eigenvalue weighted by Gasteiger charge is 2.15. The molecule has 0 N–H and O–H groups in total. The Balaban J connectivity index is 1.91. The van der Waals surface area contributed by atoms with E-state index in [2.05, 4.69) is 58.1 Å². The summed E-state index contributed by atoms with van der Waals surface area (Å²) in [6.45, 7) is 7.25. The van der Waals surface area contributed by atoms with Gasteiger partial charge in [0.15, 0.2) is 5.65 Å². The summed E-state index contributed by atoms with van der Waals surface area (Å²) in [5.41, 5.74) is 2.13. The molecule has 0 atom stereocenters. The average molecular weight is 337 g/mol. The van der Waals surface area contributed by atoms with Crippen LogP contribution in [0.4, 0.5) is 5.82 Å². The van der Waals surface area contributed by atoms with Gasteiger partial charge in [-0.15, -0.1) is 0 Å². The number of fused-ring (bicyclic) bond motifs is 1. The van der Waals surface area contributed by atoms with E-state index in [1.807, 2.05) is 16.9 Å². The maximum atomic E-state index is 4.59. The largest absolute Gasteiger partial charge is 0.356 e. The Morgan fingerprint density at radius 3 is 2.36 bits per heavy atom. The van der Waals surface area contributed by atoms with Gasteiger partial charge in [0.05, 0.1) is 18.1 Å². The van der Waals surface area contributed by atoms with Crippen LogP contribution >= 0.6 is 0 Å². The molecule has 132 valence electrons. The summed E-state index contributed by atoms with van der Waals surface area (Å²) in [5, 5.41) is 5.63. The minimum atomic E-state index is 0.727. The van der Waals surface area contributed by atoms with Gasteiger partial charge in [-0.25, -0.2) is 14.6 Å². The van der Waals surface area contributed by atoms with Crippen LogP contribution in [0, 0.1) is 0 Å². The Hall–Kier alpha value is -2.43. The molecule has 0 radical (unpaired) electrons. The lowest BCUT2D eigenvalue weighted by Gasteiger charge is -2.23. The van der Waals surface area contributed by atoms with Gasteiger partial charge in [-0.1, -0.05) is 57.0 Å². The van der Waals surface area contributed by atoms with Gasteiger partial charge < -0.3 is 4.90 Å². The molecule has 0 spiro atoms. The Kier molecular flexibility index (Phi) is 5.99. The second-order valence-corrected chi connectivity index (χ2v) is 6.42. The minimum Gasteiger partial charge on any atom is -0.356 e. The molecule has 3 rings (SSSR count). The fourth-order valence-corrected chi connectivity index (χ4v) is 3.03. The molecule has 0 bridgehead atoms. The molecule has 0 saturated heterocycles. The number of anilines is 1. The molecule has 2 heterocycles. The zero-order valence-electron chi connectivity index (χ0n) is 15.2. The summed E-state index contributed by atoms with van der Waals surface area (Å²) in [4.78, 5) is 11.5. The summed E-state index contributed by atoms with van der Waals surface area (Å²) >= 11 is 0. The number of rotatable bonds is 9. The fourth-order valence-electron chi connectivity index (χ4n) is 3.03. The highest BCUT2D eigenvalue weighted by atomic mass is 15.3. The van der Waals surface area contributed by atoms with E-state index >= 15 is 0 Å². The molecule has 0 fully saturated rings. The van der Waals surface area contributed by atoms with Gasteiger partial charge in [0.1, 0.15) is 12.1 Å². The highest BCUT2D eigenvalue weighted by molar-refractivity contribution is 5.86. The lowest BCUT2D eigenvalue weighted by atomic mass is 10.2. The van der Waals surface area contributed by atoms with Crippen LogP contribution in [0.15, 0.2) is 42.9 Å². The van der Waals surface area contributed by atoms with E-state index < -0.39 is 0 Å². The van der Waals surface area contributed by atoms with Crippen molar-refractivity contribution in [1.82, 2.24) is 19.7 Å². The van der Waals surface area contributed by atoms with Gasteiger partial charge in [0.25, 0.3) is 0 Å². The number of benzene rings is 1. The molecule has 5 heteroatoms. The van der Waals surface area contributed by atoms with E-state index in [4.69, 9.17) is 0 Å². The number of nitrogens with zero attached hydrogens (tertiary/aromatic N) is 5. The number of hydrogen-bond donors (Lipinski definition) is 0. The summed E-state index contributed by atoms with van der Waals surface area (Å²) < 4.78 is 1.97. The van der Waals surface area contributed by atoms with Gasteiger partial charge in [-0.3, -0.25) is 0 Å². The molecule has 5 nitrogen and oxygen atoms in total. The topological polar surface area (TPSA) is 46.8 Å². The molecular weight excluding hydrogens is 310 g/mol.